The summed E-state index contributed by atoms with van der Waals surface area (Å²) in [5, 5.41) is 0.362. The van der Waals surface area contributed by atoms with Crippen molar-refractivity contribution in [2.45, 2.75) is 18.7 Å². The zero-order chi connectivity index (χ0) is 16.9. The third-order valence-corrected chi connectivity index (χ3v) is 4.62. The van der Waals surface area contributed by atoms with Crippen molar-refractivity contribution in [1.29, 1.82) is 0 Å². The molecular formula is C16H18ClNO4S. The van der Waals surface area contributed by atoms with E-state index in [2.05, 4.69) is 4.72 Å². The van der Waals surface area contributed by atoms with Gasteiger partial charge in [0.05, 0.1) is 28.8 Å². The van der Waals surface area contributed by atoms with Crippen LogP contribution in [0.3, 0.4) is 0 Å². The first-order valence-corrected chi connectivity index (χ1v) is 9.01. The van der Waals surface area contributed by atoms with Gasteiger partial charge < -0.3 is 9.47 Å². The Morgan fingerprint density at radius 3 is 2.35 bits per heavy atom. The maximum Gasteiger partial charge on any atom is 0.262 e. The summed E-state index contributed by atoms with van der Waals surface area (Å²) in [4.78, 5) is 0.0663. The van der Waals surface area contributed by atoms with Crippen molar-refractivity contribution in [3.63, 3.8) is 0 Å². The number of rotatable bonds is 7. The summed E-state index contributed by atoms with van der Waals surface area (Å²) in [6, 6.07) is 11.2. The molecule has 2 aromatic rings. The van der Waals surface area contributed by atoms with Crippen LogP contribution in [0.1, 0.15) is 13.8 Å². The van der Waals surface area contributed by atoms with E-state index in [1.807, 2.05) is 6.92 Å². The zero-order valence-electron chi connectivity index (χ0n) is 12.9. The number of ether oxygens (including phenoxy) is 2. The van der Waals surface area contributed by atoms with Gasteiger partial charge in [0, 0.05) is 6.07 Å². The number of benzene rings is 2. The zero-order valence-corrected chi connectivity index (χ0v) is 14.4. The first kappa shape index (κ1) is 17.4. The van der Waals surface area contributed by atoms with Gasteiger partial charge in [0.1, 0.15) is 11.5 Å². The van der Waals surface area contributed by atoms with Gasteiger partial charge >= 0.3 is 0 Å². The normalized spacial score (nSPS) is 11.1. The Morgan fingerprint density at radius 1 is 1.00 bits per heavy atom. The summed E-state index contributed by atoms with van der Waals surface area (Å²) >= 11 is 5.99. The van der Waals surface area contributed by atoms with E-state index >= 15 is 0 Å². The maximum absolute atomic E-state index is 12.6. The molecule has 0 aliphatic rings. The topological polar surface area (TPSA) is 64.6 Å². The predicted octanol–water partition coefficient (Wildman–Crippen LogP) is 3.94. The number of nitrogens with one attached hydrogen (secondary N) is 1. The van der Waals surface area contributed by atoms with Crippen LogP contribution in [-0.2, 0) is 10.0 Å². The minimum Gasteiger partial charge on any atom is -0.492 e. The molecule has 2 aromatic carbocycles. The second-order valence-electron chi connectivity index (χ2n) is 4.56. The molecule has 124 valence electrons. The average molecular weight is 356 g/mol. The van der Waals surface area contributed by atoms with Crippen LogP contribution < -0.4 is 14.2 Å². The molecule has 0 aromatic heterocycles. The van der Waals surface area contributed by atoms with Crippen molar-refractivity contribution in [2.24, 2.45) is 0 Å². The van der Waals surface area contributed by atoms with Gasteiger partial charge in [-0.05, 0) is 38.1 Å². The first-order valence-electron chi connectivity index (χ1n) is 7.15. The lowest BCUT2D eigenvalue weighted by atomic mass is 10.3. The molecule has 0 amide bonds. The number of anilines is 1. The molecule has 7 heteroatoms. The van der Waals surface area contributed by atoms with Gasteiger partial charge in [-0.2, -0.15) is 0 Å². The van der Waals surface area contributed by atoms with Crippen LogP contribution in [0.2, 0.25) is 5.02 Å². The van der Waals surface area contributed by atoms with Crippen LogP contribution in [0.15, 0.2) is 47.4 Å². The molecule has 0 aliphatic carbocycles. The van der Waals surface area contributed by atoms with Crippen LogP contribution in [0.4, 0.5) is 5.69 Å². The summed E-state index contributed by atoms with van der Waals surface area (Å²) in [6.07, 6.45) is 0. The largest absolute Gasteiger partial charge is 0.492 e. The molecule has 0 aliphatic heterocycles. The molecular weight excluding hydrogens is 338 g/mol. The number of halogens is 1. The molecule has 0 heterocycles. The first-order chi connectivity index (χ1) is 11.0. The quantitative estimate of drug-likeness (QED) is 0.817. The fourth-order valence-corrected chi connectivity index (χ4v) is 3.21. The van der Waals surface area contributed by atoms with E-state index in [1.165, 1.54) is 18.2 Å². The van der Waals surface area contributed by atoms with Crippen molar-refractivity contribution in [2.75, 3.05) is 17.9 Å². The van der Waals surface area contributed by atoms with Crippen LogP contribution in [0.5, 0.6) is 11.5 Å². The van der Waals surface area contributed by atoms with E-state index in [9.17, 15) is 8.42 Å². The second-order valence-corrected chi connectivity index (χ2v) is 6.65. The van der Waals surface area contributed by atoms with Crippen molar-refractivity contribution < 1.29 is 17.9 Å². The molecule has 0 saturated heterocycles. The number of para-hydroxylation sites is 2. The molecule has 0 saturated carbocycles. The lowest BCUT2D eigenvalue weighted by Gasteiger charge is -2.13. The Balaban J connectivity index is 2.34. The minimum atomic E-state index is -3.78. The smallest absolute Gasteiger partial charge is 0.262 e. The third-order valence-electron chi connectivity index (χ3n) is 2.94. The molecule has 2 rings (SSSR count). The van der Waals surface area contributed by atoms with E-state index in [4.69, 9.17) is 21.1 Å². The van der Waals surface area contributed by atoms with Crippen LogP contribution in [-0.4, -0.2) is 21.6 Å². The van der Waals surface area contributed by atoms with E-state index < -0.39 is 10.0 Å². The number of sulfonamides is 1. The van der Waals surface area contributed by atoms with Crippen molar-refractivity contribution in [1.82, 2.24) is 0 Å². The number of hydrogen-bond acceptors (Lipinski definition) is 4. The monoisotopic (exact) mass is 355 g/mol. The summed E-state index contributed by atoms with van der Waals surface area (Å²) in [7, 11) is -3.78. The highest BCUT2D eigenvalue weighted by molar-refractivity contribution is 7.92. The highest BCUT2D eigenvalue weighted by Crippen LogP contribution is 2.30. The van der Waals surface area contributed by atoms with Crippen LogP contribution >= 0.6 is 11.6 Å². The van der Waals surface area contributed by atoms with Crippen molar-refractivity contribution in [3.8, 4) is 11.5 Å². The molecule has 0 radical (unpaired) electrons. The van der Waals surface area contributed by atoms with Crippen molar-refractivity contribution >= 4 is 27.3 Å². The second kappa shape index (κ2) is 7.57. The average Bonchev–Trinajstić information content (AvgIpc) is 2.51. The van der Waals surface area contributed by atoms with Gasteiger partial charge in [-0.25, -0.2) is 8.42 Å². The van der Waals surface area contributed by atoms with Gasteiger partial charge in [-0.15, -0.1) is 0 Å². The molecule has 23 heavy (non-hydrogen) atoms. The summed E-state index contributed by atoms with van der Waals surface area (Å²) in [5.41, 5.74) is 0.377. The maximum atomic E-state index is 12.6. The Morgan fingerprint density at radius 2 is 1.65 bits per heavy atom. The van der Waals surface area contributed by atoms with Crippen molar-refractivity contribution in [3.05, 3.63) is 47.5 Å². The summed E-state index contributed by atoms with van der Waals surface area (Å²) in [5.74, 6) is 0.799. The van der Waals surface area contributed by atoms with Gasteiger partial charge in [0.15, 0.2) is 0 Å². The minimum absolute atomic E-state index is 0.0663. The molecule has 1 N–H and O–H groups in total. The number of hydrogen-bond donors (Lipinski definition) is 1. The lowest BCUT2D eigenvalue weighted by Crippen LogP contribution is -2.14. The Labute approximate surface area is 141 Å². The van der Waals surface area contributed by atoms with Gasteiger partial charge in [0.25, 0.3) is 10.0 Å². The fourth-order valence-electron chi connectivity index (χ4n) is 1.95. The Hall–Kier alpha value is -1.92. The van der Waals surface area contributed by atoms with Gasteiger partial charge in [0.2, 0.25) is 0 Å². The van der Waals surface area contributed by atoms with E-state index in [0.29, 0.717) is 35.4 Å². The molecule has 0 atom stereocenters. The predicted molar refractivity (Wildman–Crippen MR) is 91.0 cm³/mol. The summed E-state index contributed by atoms with van der Waals surface area (Å²) in [6.45, 7) is 4.46. The SMILES string of the molecule is CCOc1cc(S(=O)(=O)Nc2ccccc2OCC)ccc1Cl. The highest BCUT2D eigenvalue weighted by atomic mass is 35.5. The Kier molecular flexibility index (Phi) is 5.74. The third kappa shape index (κ3) is 4.30. The van der Waals surface area contributed by atoms with Crippen LogP contribution in [0.25, 0.3) is 0 Å². The van der Waals surface area contributed by atoms with E-state index in [0.717, 1.165) is 0 Å². The van der Waals surface area contributed by atoms with Gasteiger partial charge in [-0.3, -0.25) is 4.72 Å². The van der Waals surface area contributed by atoms with E-state index in [1.54, 1.807) is 31.2 Å². The van der Waals surface area contributed by atoms with Crippen LogP contribution in [0, 0.1) is 0 Å². The highest BCUT2D eigenvalue weighted by Gasteiger charge is 2.18. The Bertz CT molecular complexity index is 777. The van der Waals surface area contributed by atoms with E-state index in [-0.39, 0.29) is 4.90 Å². The molecule has 0 spiro atoms. The molecule has 0 bridgehead atoms. The fraction of sp³-hybridized carbons (Fsp3) is 0.250. The molecule has 0 fully saturated rings. The standard InChI is InChI=1S/C16H18ClNO4S/c1-3-21-15-8-6-5-7-14(15)18-23(19,20)12-9-10-13(17)16(11-12)22-4-2/h5-11,18H,3-4H2,1-2H3. The van der Waals surface area contributed by atoms with Gasteiger partial charge in [-0.1, -0.05) is 23.7 Å². The lowest BCUT2D eigenvalue weighted by molar-refractivity contribution is 0.339. The molecule has 5 nitrogen and oxygen atoms in total. The summed E-state index contributed by atoms with van der Waals surface area (Å²) < 4.78 is 38.4. The molecule has 0 unspecified atom stereocenters.